The summed E-state index contributed by atoms with van der Waals surface area (Å²) in [6, 6.07) is 0.284. The van der Waals surface area contributed by atoms with Crippen LogP contribution in [-0.4, -0.2) is 59.5 Å². The minimum Gasteiger partial charge on any atom is -0.480 e. The molecule has 3 fully saturated rings. The van der Waals surface area contributed by atoms with Crippen LogP contribution >= 0.6 is 0 Å². The fourth-order valence-electron chi connectivity index (χ4n) is 5.09. The molecule has 0 aromatic heterocycles. The van der Waals surface area contributed by atoms with E-state index in [4.69, 9.17) is 5.11 Å². The summed E-state index contributed by atoms with van der Waals surface area (Å²) >= 11 is 0. The van der Waals surface area contributed by atoms with Crippen molar-refractivity contribution >= 4 is 11.9 Å². The molecular weight excluding hydrogens is 292 g/mol. The molecule has 1 aliphatic heterocycles. The Labute approximate surface area is 139 Å². The van der Waals surface area contributed by atoms with E-state index in [2.05, 4.69) is 0 Å². The first-order valence-corrected chi connectivity index (χ1v) is 9.22. The number of rotatable bonds is 5. The third-order valence-electron chi connectivity index (χ3n) is 6.38. The van der Waals surface area contributed by atoms with Gasteiger partial charge in [0.1, 0.15) is 0 Å². The number of nitrogens with zero attached hydrogens (tertiary/aromatic N) is 2. The molecule has 1 N–H and O–H groups in total. The summed E-state index contributed by atoms with van der Waals surface area (Å²) < 4.78 is 0. The van der Waals surface area contributed by atoms with Gasteiger partial charge in [-0.15, -0.1) is 0 Å². The summed E-state index contributed by atoms with van der Waals surface area (Å²) in [7, 11) is 1.88. The molecule has 3 rings (SSSR count). The van der Waals surface area contributed by atoms with Gasteiger partial charge >= 0.3 is 5.97 Å². The maximum atomic E-state index is 12.7. The summed E-state index contributed by atoms with van der Waals surface area (Å²) in [4.78, 5) is 27.5. The van der Waals surface area contributed by atoms with Gasteiger partial charge in [-0.2, -0.15) is 0 Å². The average molecular weight is 322 g/mol. The first-order chi connectivity index (χ1) is 11.0. The number of carbonyl (C=O) groups excluding carboxylic acids is 1. The number of hydrogen-bond acceptors (Lipinski definition) is 3. The van der Waals surface area contributed by atoms with Crippen molar-refractivity contribution in [2.45, 2.75) is 57.4 Å². The molecule has 0 aromatic carbocycles. The Hall–Kier alpha value is -1.10. The molecule has 5 nitrogen and oxygen atoms in total. The van der Waals surface area contributed by atoms with Gasteiger partial charge in [0.25, 0.3) is 0 Å². The van der Waals surface area contributed by atoms with E-state index in [1.807, 2.05) is 16.8 Å². The highest BCUT2D eigenvalue weighted by molar-refractivity contribution is 5.76. The summed E-state index contributed by atoms with van der Waals surface area (Å²) in [5.74, 6) is 1.90. The maximum Gasteiger partial charge on any atom is 0.317 e. The van der Waals surface area contributed by atoms with E-state index >= 15 is 0 Å². The van der Waals surface area contributed by atoms with Crippen molar-refractivity contribution in [3.05, 3.63) is 0 Å². The van der Waals surface area contributed by atoms with Gasteiger partial charge < -0.3 is 10.0 Å². The van der Waals surface area contributed by atoms with Gasteiger partial charge in [-0.3, -0.25) is 14.5 Å². The van der Waals surface area contributed by atoms with Crippen LogP contribution in [0, 0.1) is 17.8 Å². The van der Waals surface area contributed by atoms with E-state index in [1.54, 1.807) is 0 Å². The zero-order valence-electron chi connectivity index (χ0n) is 14.2. The molecule has 1 saturated heterocycles. The number of aliphatic carboxylic acids is 1. The summed E-state index contributed by atoms with van der Waals surface area (Å²) in [6.45, 7) is 1.72. The molecule has 2 bridgehead atoms. The first-order valence-electron chi connectivity index (χ1n) is 9.22. The van der Waals surface area contributed by atoms with Crippen molar-refractivity contribution in [3.63, 3.8) is 0 Å². The van der Waals surface area contributed by atoms with Crippen molar-refractivity contribution in [1.82, 2.24) is 9.80 Å². The van der Waals surface area contributed by atoms with Crippen molar-refractivity contribution in [2.75, 3.05) is 26.7 Å². The Morgan fingerprint density at radius 1 is 1.13 bits per heavy atom. The van der Waals surface area contributed by atoms with Gasteiger partial charge in [-0.25, -0.2) is 0 Å². The van der Waals surface area contributed by atoms with Gasteiger partial charge in [-0.05, 0) is 63.3 Å². The molecule has 1 amide bonds. The van der Waals surface area contributed by atoms with Crippen molar-refractivity contribution in [3.8, 4) is 0 Å². The predicted octanol–water partition coefficient (Wildman–Crippen LogP) is 2.21. The number of likely N-dealkylation sites (tertiary alicyclic amines) is 1. The van der Waals surface area contributed by atoms with E-state index in [0.29, 0.717) is 11.8 Å². The van der Waals surface area contributed by atoms with Crippen LogP contribution in [-0.2, 0) is 9.59 Å². The molecule has 23 heavy (non-hydrogen) atoms. The highest BCUT2D eigenvalue weighted by atomic mass is 16.4. The average Bonchev–Trinajstić information content (AvgIpc) is 3.01. The molecule has 0 radical (unpaired) electrons. The molecule has 130 valence electrons. The normalized spacial score (nSPS) is 33.9. The summed E-state index contributed by atoms with van der Waals surface area (Å²) in [6.07, 6.45) is 8.97. The van der Waals surface area contributed by atoms with Gasteiger partial charge in [-0.1, -0.05) is 6.42 Å². The van der Waals surface area contributed by atoms with Crippen LogP contribution in [0.5, 0.6) is 0 Å². The van der Waals surface area contributed by atoms with E-state index in [0.717, 1.165) is 50.6 Å². The number of carbonyl (C=O) groups is 2. The third-order valence-corrected chi connectivity index (χ3v) is 6.38. The van der Waals surface area contributed by atoms with Crippen LogP contribution in [0.4, 0.5) is 0 Å². The van der Waals surface area contributed by atoms with E-state index in [1.165, 1.54) is 25.7 Å². The zero-order valence-corrected chi connectivity index (χ0v) is 14.2. The van der Waals surface area contributed by atoms with Gasteiger partial charge in [0.05, 0.1) is 6.54 Å². The van der Waals surface area contributed by atoms with Crippen molar-refractivity contribution < 1.29 is 14.7 Å². The molecule has 4 atom stereocenters. The quantitative estimate of drug-likeness (QED) is 0.843. The van der Waals surface area contributed by atoms with Gasteiger partial charge in [0.2, 0.25) is 5.91 Å². The Balaban J connectivity index is 1.47. The standard InChI is InChI=1S/C18H30N2O3/c1-19(12-18(22)23)16-3-2-7-20(8-6-16)17(21)11-15-10-13-4-5-14(15)9-13/h13-16H,2-12H2,1H3,(H,22,23). The second-order valence-electron chi connectivity index (χ2n) is 7.91. The highest BCUT2D eigenvalue weighted by Crippen LogP contribution is 2.49. The topological polar surface area (TPSA) is 60.9 Å². The smallest absolute Gasteiger partial charge is 0.317 e. The molecule has 3 aliphatic rings. The van der Waals surface area contributed by atoms with Crippen LogP contribution in [0.2, 0.25) is 0 Å². The Morgan fingerprint density at radius 2 is 1.96 bits per heavy atom. The van der Waals surface area contributed by atoms with Crippen LogP contribution in [0.3, 0.4) is 0 Å². The number of hydrogen-bond donors (Lipinski definition) is 1. The largest absolute Gasteiger partial charge is 0.480 e. The van der Waals surface area contributed by atoms with E-state index in [-0.39, 0.29) is 12.6 Å². The molecule has 2 aliphatic carbocycles. The molecule has 0 spiro atoms. The second-order valence-corrected chi connectivity index (χ2v) is 7.91. The van der Waals surface area contributed by atoms with Crippen LogP contribution < -0.4 is 0 Å². The van der Waals surface area contributed by atoms with E-state index in [9.17, 15) is 9.59 Å². The Morgan fingerprint density at radius 3 is 2.61 bits per heavy atom. The Kier molecular flexibility index (Phi) is 5.24. The fraction of sp³-hybridized carbons (Fsp3) is 0.889. The monoisotopic (exact) mass is 322 g/mol. The molecule has 0 aromatic rings. The zero-order chi connectivity index (χ0) is 16.4. The van der Waals surface area contributed by atoms with Crippen molar-refractivity contribution in [1.29, 1.82) is 0 Å². The molecule has 5 heteroatoms. The lowest BCUT2D eigenvalue weighted by Crippen LogP contribution is -2.38. The Bertz CT molecular complexity index is 454. The third kappa shape index (κ3) is 4.06. The fourth-order valence-corrected chi connectivity index (χ4v) is 5.09. The lowest BCUT2D eigenvalue weighted by molar-refractivity contribution is -0.138. The first kappa shape index (κ1) is 16.7. The number of fused-ring (bicyclic) bond motifs is 2. The minimum atomic E-state index is -0.777. The summed E-state index contributed by atoms with van der Waals surface area (Å²) in [5, 5.41) is 8.93. The van der Waals surface area contributed by atoms with Crippen LogP contribution in [0.15, 0.2) is 0 Å². The SMILES string of the molecule is CN(CC(=O)O)C1CCCN(C(=O)CC2CC3CCC2C3)CC1. The van der Waals surface area contributed by atoms with Crippen molar-refractivity contribution in [2.24, 2.45) is 17.8 Å². The number of carboxylic acids is 1. The minimum absolute atomic E-state index is 0.0871. The molecule has 4 unspecified atom stereocenters. The lowest BCUT2D eigenvalue weighted by Gasteiger charge is -2.27. The predicted molar refractivity (Wildman–Crippen MR) is 88.0 cm³/mol. The molecule has 1 heterocycles. The second kappa shape index (κ2) is 7.20. The summed E-state index contributed by atoms with van der Waals surface area (Å²) in [5.41, 5.74) is 0. The number of carboxylic acid groups (broad SMARTS) is 1. The number of amides is 1. The lowest BCUT2D eigenvalue weighted by atomic mass is 9.86. The highest BCUT2D eigenvalue weighted by Gasteiger charge is 2.40. The van der Waals surface area contributed by atoms with Gasteiger partial charge in [0, 0.05) is 25.6 Å². The van der Waals surface area contributed by atoms with E-state index < -0.39 is 5.97 Å². The molecular formula is C18H30N2O3. The van der Waals surface area contributed by atoms with Crippen LogP contribution in [0.25, 0.3) is 0 Å². The van der Waals surface area contributed by atoms with Gasteiger partial charge in [0.15, 0.2) is 0 Å². The number of likely N-dealkylation sites (N-methyl/N-ethyl adjacent to an activating group) is 1. The van der Waals surface area contributed by atoms with Crippen LogP contribution in [0.1, 0.15) is 51.4 Å². The maximum absolute atomic E-state index is 12.7. The molecule has 2 saturated carbocycles.